The van der Waals surface area contributed by atoms with E-state index in [-0.39, 0.29) is 17.6 Å². The van der Waals surface area contributed by atoms with Crippen LogP contribution < -0.4 is 10.1 Å². The van der Waals surface area contributed by atoms with Gasteiger partial charge in [-0.2, -0.15) is 0 Å². The largest absolute Gasteiger partial charge is 0.497 e. The lowest BCUT2D eigenvalue weighted by Gasteiger charge is -2.36. The van der Waals surface area contributed by atoms with Gasteiger partial charge >= 0.3 is 5.97 Å². The molecule has 34 heavy (non-hydrogen) atoms. The van der Waals surface area contributed by atoms with Crippen molar-refractivity contribution < 1.29 is 19.1 Å². The van der Waals surface area contributed by atoms with Gasteiger partial charge in [0.05, 0.1) is 19.3 Å². The van der Waals surface area contributed by atoms with E-state index in [1.165, 1.54) is 0 Å². The highest BCUT2D eigenvalue weighted by atomic mass is 35.5. The van der Waals surface area contributed by atoms with Gasteiger partial charge in [0.1, 0.15) is 5.75 Å². The number of methoxy groups -OCH3 is 1. The van der Waals surface area contributed by atoms with Crippen LogP contribution in [0.2, 0.25) is 5.02 Å². The Bertz CT molecular complexity index is 1150. The quantitative estimate of drug-likeness (QED) is 0.522. The number of dihydropyridines is 1. The molecule has 1 N–H and O–H groups in total. The van der Waals surface area contributed by atoms with E-state index in [2.05, 4.69) is 5.32 Å². The van der Waals surface area contributed by atoms with E-state index in [0.717, 1.165) is 22.5 Å². The molecule has 0 radical (unpaired) electrons. The van der Waals surface area contributed by atoms with Gasteiger partial charge < -0.3 is 14.8 Å². The number of rotatable bonds is 6. The fourth-order valence-electron chi connectivity index (χ4n) is 4.73. The Labute approximate surface area is 205 Å². The van der Waals surface area contributed by atoms with Gasteiger partial charge in [-0.3, -0.25) is 4.79 Å². The number of halogens is 1. The van der Waals surface area contributed by atoms with Crippen LogP contribution in [0.5, 0.6) is 5.75 Å². The number of Topliss-reactive ketones (excluding diaryl/α,β-unsaturated/α-hetero) is 1. The third-order valence-corrected chi connectivity index (χ3v) is 6.64. The number of hydrogen-bond donors (Lipinski definition) is 1. The number of nitrogens with one attached hydrogen (secondary N) is 1. The van der Waals surface area contributed by atoms with Crippen molar-refractivity contribution in [2.75, 3.05) is 13.7 Å². The van der Waals surface area contributed by atoms with Crippen LogP contribution in [0.4, 0.5) is 0 Å². The van der Waals surface area contributed by atoms with Gasteiger partial charge in [-0.15, -0.1) is 0 Å². The van der Waals surface area contributed by atoms with Crippen LogP contribution in [0.25, 0.3) is 0 Å². The molecule has 0 bridgehead atoms. The summed E-state index contributed by atoms with van der Waals surface area (Å²) in [6.07, 6.45) is 1.06. The average molecular weight is 480 g/mol. The topological polar surface area (TPSA) is 64.6 Å². The maximum Gasteiger partial charge on any atom is 0.336 e. The SMILES string of the molecule is COc1ccc([C@@H]2C(C(=O)OCC(C)C)=C(C)NC3=C2C(=O)C[C@@H](c2ccc(Cl)cc2)C3)cc1. The number of allylic oxidation sites excluding steroid dienone is 3. The molecule has 4 rings (SSSR count). The van der Waals surface area contributed by atoms with E-state index in [1.54, 1.807) is 7.11 Å². The predicted molar refractivity (Wildman–Crippen MR) is 133 cm³/mol. The molecule has 0 saturated carbocycles. The highest BCUT2D eigenvalue weighted by Crippen LogP contribution is 2.46. The van der Waals surface area contributed by atoms with Crippen LogP contribution in [0.3, 0.4) is 0 Å². The normalized spacial score (nSPS) is 20.2. The molecule has 0 fully saturated rings. The van der Waals surface area contributed by atoms with Gasteiger partial charge in [-0.1, -0.05) is 49.7 Å². The van der Waals surface area contributed by atoms with Crippen LogP contribution in [0.15, 0.2) is 71.1 Å². The maximum atomic E-state index is 13.6. The summed E-state index contributed by atoms with van der Waals surface area (Å²) in [5, 5.41) is 4.06. The summed E-state index contributed by atoms with van der Waals surface area (Å²) in [5.41, 5.74) is 4.67. The first-order chi connectivity index (χ1) is 16.3. The van der Waals surface area contributed by atoms with E-state index in [0.29, 0.717) is 41.4 Å². The minimum atomic E-state index is -0.486. The van der Waals surface area contributed by atoms with Gasteiger partial charge in [0.15, 0.2) is 5.78 Å². The number of carbonyl (C=O) groups is 2. The Morgan fingerprint density at radius 1 is 1.06 bits per heavy atom. The van der Waals surface area contributed by atoms with Crippen LogP contribution in [0, 0.1) is 5.92 Å². The summed E-state index contributed by atoms with van der Waals surface area (Å²) in [4.78, 5) is 26.8. The fourth-order valence-corrected chi connectivity index (χ4v) is 4.86. The average Bonchev–Trinajstić information content (AvgIpc) is 2.82. The number of ketones is 1. The second kappa shape index (κ2) is 10.1. The molecule has 1 aliphatic carbocycles. The molecule has 0 unspecified atom stereocenters. The van der Waals surface area contributed by atoms with Crippen molar-refractivity contribution in [2.45, 2.75) is 45.4 Å². The summed E-state index contributed by atoms with van der Waals surface area (Å²) in [5.74, 6) is 0.145. The van der Waals surface area contributed by atoms with Crippen molar-refractivity contribution in [1.82, 2.24) is 5.32 Å². The lowest BCUT2D eigenvalue weighted by molar-refractivity contribution is -0.140. The summed E-state index contributed by atoms with van der Waals surface area (Å²) in [7, 11) is 1.61. The van der Waals surface area contributed by atoms with Gasteiger partial charge in [0, 0.05) is 34.3 Å². The second-order valence-electron chi connectivity index (χ2n) is 9.33. The van der Waals surface area contributed by atoms with Crippen molar-refractivity contribution in [2.24, 2.45) is 5.92 Å². The zero-order valence-corrected chi connectivity index (χ0v) is 20.7. The van der Waals surface area contributed by atoms with E-state index >= 15 is 0 Å². The van der Waals surface area contributed by atoms with Gasteiger partial charge in [0.25, 0.3) is 0 Å². The Kier molecular flexibility index (Phi) is 7.13. The number of benzene rings is 2. The van der Waals surface area contributed by atoms with Gasteiger partial charge in [0.2, 0.25) is 0 Å². The highest BCUT2D eigenvalue weighted by molar-refractivity contribution is 6.30. The standard InChI is InChI=1S/C28H30ClNO4/c1-16(2)15-34-28(32)25-17(3)30-23-13-20(18-5-9-21(29)10-6-18)14-24(31)27(23)26(25)19-7-11-22(33-4)12-8-19/h5-12,16,20,26,30H,13-15H2,1-4H3/t20-,26+/m0/s1. The Balaban J connectivity index is 1.75. The molecule has 0 aromatic heterocycles. The molecular weight excluding hydrogens is 450 g/mol. The zero-order valence-electron chi connectivity index (χ0n) is 20.0. The van der Waals surface area contributed by atoms with E-state index < -0.39 is 11.9 Å². The monoisotopic (exact) mass is 479 g/mol. The van der Waals surface area contributed by atoms with Crippen molar-refractivity contribution in [1.29, 1.82) is 0 Å². The predicted octanol–water partition coefficient (Wildman–Crippen LogP) is 5.91. The number of hydrogen-bond acceptors (Lipinski definition) is 5. The van der Waals surface area contributed by atoms with Gasteiger partial charge in [-0.25, -0.2) is 4.79 Å². The third-order valence-electron chi connectivity index (χ3n) is 6.39. The highest BCUT2D eigenvalue weighted by Gasteiger charge is 2.41. The second-order valence-corrected chi connectivity index (χ2v) is 9.77. The first kappa shape index (κ1) is 24.1. The molecule has 1 aliphatic heterocycles. The zero-order chi connectivity index (χ0) is 24.4. The molecule has 178 valence electrons. The first-order valence-electron chi connectivity index (χ1n) is 11.6. The van der Waals surface area contributed by atoms with Crippen molar-refractivity contribution in [3.8, 4) is 5.75 Å². The van der Waals surface area contributed by atoms with E-state index in [9.17, 15) is 9.59 Å². The smallest absolute Gasteiger partial charge is 0.336 e. The third kappa shape index (κ3) is 4.90. The lowest BCUT2D eigenvalue weighted by Crippen LogP contribution is -2.36. The number of esters is 1. The Hall–Kier alpha value is -3.05. The number of ether oxygens (including phenoxy) is 2. The fraction of sp³-hybridized carbons (Fsp3) is 0.357. The van der Waals surface area contributed by atoms with Crippen molar-refractivity contribution >= 4 is 23.4 Å². The molecule has 2 atom stereocenters. The molecule has 5 nitrogen and oxygen atoms in total. The minimum absolute atomic E-state index is 0.0381. The van der Waals surface area contributed by atoms with Crippen molar-refractivity contribution in [3.05, 3.63) is 87.2 Å². The summed E-state index contributed by atoms with van der Waals surface area (Å²) in [6.45, 7) is 6.19. The molecule has 0 spiro atoms. The molecule has 2 aliphatic rings. The molecule has 2 aromatic carbocycles. The van der Waals surface area contributed by atoms with E-state index in [4.69, 9.17) is 21.1 Å². The summed E-state index contributed by atoms with van der Waals surface area (Å²) >= 11 is 6.06. The summed E-state index contributed by atoms with van der Waals surface area (Å²) < 4.78 is 10.9. The molecule has 0 saturated heterocycles. The van der Waals surface area contributed by atoms with Crippen LogP contribution in [-0.2, 0) is 14.3 Å². The minimum Gasteiger partial charge on any atom is -0.497 e. The lowest BCUT2D eigenvalue weighted by atomic mass is 9.71. The Morgan fingerprint density at radius 3 is 2.32 bits per heavy atom. The maximum absolute atomic E-state index is 13.6. The number of carbonyl (C=O) groups excluding carboxylic acids is 2. The molecular formula is C28H30ClNO4. The molecule has 6 heteroatoms. The Morgan fingerprint density at radius 2 is 1.71 bits per heavy atom. The van der Waals surface area contributed by atoms with Crippen LogP contribution in [0.1, 0.15) is 56.6 Å². The molecule has 2 aromatic rings. The van der Waals surface area contributed by atoms with Crippen molar-refractivity contribution in [3.63, 3.8) is 0 Å². The van der Waals surface area contributed by atoms with E-state index in [1.807, 2.05) is 69.3 Å². The molecule has 1 heterocycles. The molecule has 0 amide bonds. The first-order valence-corrected chi connectivity index (χ1v) is 12.0. The van der Waals surface area contributed by atoms with Gasteiger partial charge in [-0.05, 0) is 60.6 Å². The summed E-state index contributed by atoms with van der Waals surface area (Å²) in [6, 6.07) is 15.2. The van der Waals surface area contributed by atoms with Crippen LogP contribution >= 0.6 is 11.6 Å². The van der Waals surface area contributed by atoms with Crippen LogP contribution in [-0.4, -0.2) is 25.5 Å².